The molecule has 0 radical (unpaired) electrons. The number of hydrogen-bond acceptors (Lipinski definition) is 6. The first-order chi connectivity index (χ1) is 9.88. The van der Waals surface area contributed by atoms with Crippen LogP contribution in [0, 0.1) is 16.7 Å². The van der Waals surface area contributed by atoms with Crippen molar-refractivity contribution in [2.45, 2.75) is 27.2 Å². The van der Waals surface area contributed by atoms with Crippen LogP contribution in [0.2, 0.25) is 0 Å². The third kappa shape index (κ3) is 8.09. The Morgan fingerprint density at radius 2 is 1.10 bits per heavy atom. The lowest BCUT2D eigenvalue weighted by Gasteiger charge is -2.27. The lowest BCUT2D eigenvalue weighted by atomic mass is 9.94. The zero-order chi connectivity index (χ0) is 16.4. The highest BCUT2D eigenvalue weighted by atomic mass is 16.5. The van der Waals surface area contributed by atoms with Crippen molar-refractivity contribution in [2.24, 2.45) is 16.7 Å². The molecule has 0 aliphatic heterocycles. The van der Waals surface area contributed by atoms with Crippen LogP contribution in [-0.4, -0.2) is 73.3 Å². The van der Waals surface area contributed by atoms with E-state index >= 15 is 0 Å². The molecule has 0 amide bonds. The molecule has 0 bridgehead atoms. The van der Waals surface area contributed by atoms with E-state index in [-0.39, 0.29) is 32.3 Å². The van der Waals surface area contributed by atoms with Gasteiger partial charge in [0, 0.05) is 16.7 Å². The van der Waals surface area contributed by atoms with Crippen molar-refractivity contribution in [3.63, 3.8) is 0 Å². The molecule has 0 aromatic carbocycles. The van der Waals surface area contributed by atoms with Gasteiger partial charge in [-0.1, -0.05) is 20.8 Å². The Balaban J connectivity index is 4.02. The Morgan fingerprint density at radius 3 is 1.33 bits per heavy atom. The smallest absolute Gasteiger partial charge is 0.0564 e. The Hall–Kier alpha value is -0.240. The van der Waals surface area contributed by atoms with E-state index in [4.69, 9.17) is 9.47 Å². The van der Waals surface area contributed by atoms with Crippen molar-refractivity contribution < 1.29 is 29.9 Å². The number of aliphatic hydroxyl groups excluding tert-OH is 4. The Labute approximate surface area is 127 Å². The third-order valence-electron chi connectivity index (χ3n) is 3.71. The highest BCUT2D eigenvalue weighted by Gasteiger charge is 2.25. The maximum Gasteiger partial charge on any atom is 0.0564 e. The summed E-state index contributed by atoms with van der Waals surface area (Å²) in [6.07, 6.45) is 0.879. The van der Waals surface area contributed by atoms with E-state index in [1.165, 1.54) is 0 Å². The van der Waals surface area contributed by atoms with Gasteiger partial charge >= 0.3 is 0 Å². The predicted octanol–water partition coefficient (Wildman–Crippen LogP) is 0.0276. The first kappa shape index (κ1) is 20.8. The summed E-state index contributed by atoms with van der Waals surface area (Å²) in [4.78, 5) is 0. The van der Waals surface area contributed by atoms with Crippen molar-refractivity contribution in [3.8, 4) is 0 Å². The van der Waals surface area contributed by atoms with Crippen molar-refractivity contribution >= 4 is 0 Å². The molecule has 6 heteroatoms. The highest BCUT2D eigenvalue weighted by Crippen LogP contribution is 2.17. The largest absolute Gasteiger partial charge is 0.396 e. The molecule has 0 spiro atoms. The van der Waals surface area contributed by atoms with Crippen LogP contribution >= 0.6 is 0 Å². The molecule has 0 fully saturated rings. The summed E-state index contributed by atoms with van der Waals surface area (Å²) >= 11 is 0. The van der Waals surface area contributed by atoms with Crippen molar-refractivity contribution in [1.29, 1.82) is 0 Å². The third-order valence-corrected chi connectivity index (χ3v) is 3.71. The van der Waals surface area contributed by atoms with Crippen LogP contribution in [0.25, 0.3) is 0 Å². The SMILES string of the molecule is CCC(COCC(C)(CO)CO)COCC(C)(CO)CO. The Morgan fingerprint density at radius 1 is 0.762 bits per heavy atom. The molecule has 0 aromatic heterocycles. The molecule has 0 saturated heterocycles. The van der Waals surface area contributed by atoms with Crippen LogP contribution in [0.4, 0.5) is 0 Å². The molecule has 21 heavy (non-hydrogen) atoms. The highest BCUT2D eigenvalue weighted by molar-refractivity contribution is 4.72. The summed E-state index contributed by atoms with van der Waals surface area (Å²) in [5.74, 6) is 0.202. The second-order valence-electron chi connectivity index (χ2n) is 6.56. The molecule has 0 heterocycles. The molecule has 0 atom stereocenters. The van der Waals surface area contributed by atoms with Gasteiger partial charge in [0.25, 0.3) is 0 Å². The van der Waals surface area contributed by atoms with Gasteiger partial charge in [-0.2, -0.15) is 0 Å². The zero-order valence-electron chi connectivity index (χ0n) is 13.5. The van der Waals surface area contributed by atoms with Gasteiger partial charge in [0.2, 0.25) is 0 Å². The molecule has 6 nitrogen and oxygen atoms in total. The summed E-state index contributed by atoms with van der Waals surface area (Å²) in [5.41, 5.74) is -1.24. The normalized spacial score (nSPS) is 13.1. The Bertz CT molecular complexity index is 227. The van der Waals surface area contributed by atoms with Gasteiger partial charge in [-0.05, 0) is 6.42 Å². The maximum atomic E-state index is 9.18. The summed E-state index contributed by atoms with van der Waals surface area (Å²) in [6.45, 7) is 6.63. The summed E-state index contributed by atoms with van der Waals surface area (Å²) < 4.78 is 11.1. The lowest BCUT2D eigenvalue weighted by Crippen LogP contribution is -2.34. The molecule has 0 rings (SSSR count). The van der Waals surface area contributed by atoms with Crippen molar-refractivity contribution in [1.82, 2.24) is 0 Å². The van der Waals surface area contributed by atoms with Gasteiger partial charge in [-0.15, -0.1) is 0 Å². The number of hydrogen-bond donors (Lipinski definition) is 4. The van der Waals surface area contributed by atoms with Crippen LogP contribution < -0.4 is 0 Å². The fourth-order valence-electron chi connectivity index (χ4n) is 1.51. The number of aliphatic hydroxyl groups is 4. The predicted molar refractivity (Wildman–Crippen MR) is 80.0 cm³/mol. The quantitative estimate of drug-likeness (QED) is 0.383. The number of ether oxygens (including phenoxy) is 2. The van der Waals surface area contributed by atoms with Gasteiger partial charge in [0.05, 0.1) is 52.9 Å². The van der Waals surface area contributed by atoms with E-state index in [1.54, 1.807) is 13.8 Å². The minimum Gasteiger partial charge on any atom is -0.396 e. The molecule has 0 aliphatic carbocycles. The second kappa shape index (κ2) is 10.5. The lowest BCUT2D eigenvalue weighted by molar-refractivity contribution is -0.0534. The standard InChI is InChI=1S/C15H32O6/c1-4-13(5-20-11-14(2,7-16)8-17)6-21-12-15(3,9-18)10-19/h13,16-19H,4-12H2,1-3H3. The van der Waals surface area contributed by atoms with E-state index in [2.05, 4.69) is 0 Å². The zero-order valence-corrected chi connectivity index (χ0v) is 13.5. The molecule has 0 aliphatic rings. The van der Waals surface area contributed by atoms with Crippen molar-refractivity contribution in [2.75, 3.05) is 52.9 Å². The monoisotopic (exact) mass is 308 g/mol. The van der Waals surface area contributed by atoms with Gasteiger partial charge in [0.1, 0.15) is 0 Å². The van der Waals surface area contributed by atoms with Crippen LogP contribution in [0.15, 0.2) is 0 Å². The second-order valence-corrected chi connectivity index (χ2v) is 6.56. The molecular weight excluding hydrogens is 276 g/mol. The summed E-state index contributed by atoms with van der Waals surface area (Å²) in [7, 11) is 0. The topological polar surface area (TPSA) is 99.4 Å². The first-order valence-electron chi connectivity index (χ1n) is 7.47. The maximum absolute atomic E-state index is 9.18. The van der Waals surface area contributed by atoms with E-state index < -0.39 is 10.8 Å². The van der Waals surface area contributed by atoms with Gasteiger partial charge in [-0.3, -0.25) is 0 Å². The van der Waals surface area contributed by atoms with E-state index in [9.17, 15) is 20.4 Å². The van der Waals surface area contributed by atoms with E-state index in [0.29, 0.717) is 26.4 Å². The van der Waals surface area contributed by atoms with Gasteiger partial charge in [0.15, 0.2) is 0 Å². The van der Waals surface area contributed by atoms with Crippen LogP contribution in [0.5, 0.6) is 0 Å². The first-order valence-corrected chi connectivity index (χ1v) is 7.47. The summed E-state index contributed by atoms with van der Waals surface area (Å²) in [5, 5.41) is 36.7. The van der Waals surface area contributed by atoms with Crippen LogP contribution in [-0.2, 0) is 9.47 Å². The fourth-order valence-corrected chi connectivity index (χ4v) is 1.51. The molecule has 0 saturated carbocycles. The minimum atomic E-state index is -0.620. The van der Waals surface area contributed by atoms with Crippen molar-refractivity contribution in [3.05, 3.63) is 0 Å². The summed E-state index contributed by atoms with van der Waals surface area (Å²) in [6, 6.07) is 0. The fraction of sp³-hybridized carbons (Fsp3) is 1.00. The molecule has 128 valence electrons. The van der Waals surface area contributed by atoms with Gasteiger partial charge in [-0.25, -0.2) is 0 Å². The molecule has 0 unspecified atom stereocenters. The molecule has 4 N–H and O–H groups in total. The number of rotatable bonds is 13. The molecule has 0 aromatic rings. The Kier molecular flexibility index (Phi) is 10.4. The van der Waals surface area contributed by atoms with Gasteiger partial charge < -0.3 is 29.9 Å². The average Bonchev–Trinajstić information content (AvgIpc) is 2.52. The van der Waals surface area contributed by atoms with E-state index in [1.807, 2.05) is 6.92 Å². The molecular formula is C15H32O6. The average molecular weight is 308 g/mol. The van der Waals surface area contributed by atoms with E-state index in [0.717, 1.165) is 6.42 Å². The van der Waals surface area contributed by atoms with Crippen LogP contribution in [0.1, 0.15) is 27.2 Å². The van der Waals surface area contributed by atoms with Crippen LogP contribution in [0.3, 0.4) is 0 Å². The minimum absolute atomic E-state index is 0.123.